The van der Waals surface area contributed by atoms with E-state index in [1.807, 2.05) is 6.07 Å². The molecule has 0 amide bonds. The van der Waals surface area contributed by atoms with Gasteiger partial charge in [-0.3, -0.25) is 4.90 Å². The minimum atomic E-state index is -0.374. The molecule has 1 N–H and O–H groups in total. The highest BCUT2D eigenvalue weighted by Crippen LogP contribution is 2.16. The van der Waals surface area contributed by atoms with Crippen LogP contribution < -0.4 is 5.32 Å². The Hall–Kier alpha value is -1.64. The second-order valence-corrected chi connectivity index (χ2v) is 5.50. The molecular weight excluding hydrogens is 267 g/mol. The molecule has 114 valence electrons. The number of rotatable bonds is 5. The molecule has 1 aliphatic rings. The molecule has 1 aromatic rings. The molecule has 0 bridgehead atoms. The maximum atomic E-state index is 13.1. The molecule has 1 aromatic carbocycles. The van der Waals surface area contributed by atoms with E-state index in [2.05, 4.69) is 29.0 Å². The van der Waals surface area contributed by atoms with Crippen LogP contribution >= 0.6 is 0 Å². The number of halogens is 1. The quantitative estimate of drug-likeness (QED) is 0.902. The summed E-state index contributed by atoms with van der Waals surface area (Å²) in [4.78, 5) is 4.90. The molecular formula is C16H23FN4. The average molecular weight is 290 g/mol. The maximum Gasteiger partial charge on any atom is 0.124 e. The van der Waals surface area contributed by atoms with Crippen LogP contribution in [0.25, 0.3) is 0 Å². The summed E-state index contributed by atoms with van der Waals surface area (Å²) in [6.07, 6.45) is 0. The van der Waals surface area contributed by atoms with Gasteiger partial charge in [-0.05, 0) is 31.7 Å². The summed E-state index contributed by atoms with van der Waals surface area (Å²) in [5.74, 6) is -0.374. The van der Waals surface area contributed by atoms with Gasteiger partial charge >= 0.3 is 0 Å². The van der Waals surface area contributed by atoms with Crippen LogP contribution in [0.3, 0.4) is 0 Å². The van der Waals surface area contributed by atoms with Gasteiger partial charge in [-0.1, -0.05) is 6.92 Å². The molecule has 0 aromatic heterocycles. The summed E-state index contributed by atoms with van der Waals surface area (Å²) in [7, 11) is 0. The number of piperazine rings is 1. The summed E-state index contributed by atoms with van der Waals surface area (Å²) in [5.41, 5.74) is 1.07. The topological polar surface area (TPSA) is 42.3 Å². The summed E-state index contributed by atoms with van der Waals surface area (Å²) in [6, 6.07) is 6.71. The van der Waals surface area contributed by atoms with Gasteiger partial charge in [0, 0.05) is 38.8 Å². The van der Waals surface area contributed by atoms with Gasteiger partial charge in [-0.25, -0.2) is 4.39 Å². The third-order valence-electron chi connectivity index (χ3n) is 4.17. The fourth-order valence-electron chi connectivity index (χ4n) is 2.67. The monoisotopic (exact) mass is 290 g/mol. The first-order valence-corrected chi connectivity index (χ1v) is 7.54. The number of nitriles is 1. The SMILES string of the molecule is CCN1CCN(C(C)CNc2ccc(F)cc2C#N)CC1. The van der Waals surface area contributed by atoms with Gasteiger partial charge in [-0.2, -0.15) is 5.26 Å². The zero-order chi connectivity index (χ0) is 15.2. The number of hydrogen-bond acceptors (Lipinski definition) is 4. The van der Waals surface area contributed by atoms with Gasteiger partial charge in [0.05, 0.1) is 11.3 Å². The number of benzene rings is 1. The van der Waals surface area contributed by atoms with Crippen molar-refractivity contribution in [3.8, 4) is 6.07 Å². The summed E-state index contributed by atoms with van der Waals surface area (Å²) in [5, 5.41) is 12.3. The normalized spacial score (nSPS) is 18.2. The molecule has 5 heteroatoms. The Morgan fingerprint density at radius 1 is 1.33 bits per heavy atom. The van der Waals surface area contributed by atoms with Gasteiger partial charge in [0.2, 0.25) is 0 Å². The molecule has 4 nitrogen and oxygen atoms in total. The van der Waals surface area contributed by atoms with Crippen LogP contribution in [0.5, 0.6) is 0 Å². The van der Waals surface area contributed by atoms with Crippen LogP contribution in [-0.4, -0.2) is 55.1 Å². The van der Waals surface area contributed by atoms with E-state index in [-0.39, 0.29) is 5.82 Å². The van der Waals surface area contributed by atoms with Crippen molar-refractivity contribution >= 4 is 5.69 Å². The summed E-state index contributed by atoms with van der Waals surface area (Å²) >= 11 is 0. The second kappa shape index (κ2) is 7.39. The zero-order valence-electron chi connectivity index (χ0n) is 12.8. The number of nitrogens with one attached hydrogen (secondary N) is 1. The minimum absolute atomic E-state index is 0.359. The lowest BCUT2D eigenvalue weighted by Gasteiger charge is -2.37. The highest BCUT2D eigenvalue weighted by atomic mass is 19.1. The first kappa shape index (κ1) is 15.7. The lowest BCUT2D eigenvalue weighted by atomic mass is 10.1. The Morgan fingerprint density at radius 3 is 2.67 bits per heavy atom. The molecule has 1 atom stereocenters. The molecule has 0 radical (unpaired) electrons. The predicted octanol–water partition coefficient (Wildman–Crippen LogP) is 2.14. The van der Waals surface area contributed by atoms with Gasteiger partial charge in [0.25, 0.3) is 0 Å². The standard InChI is InChI=1S/C16H23FN4/c1-3-20-6-8-21(9-7-20)13(2)12-19-16-5-4-15(17)10-14(16)11-18/h4-5,10,13,19H,3,6-9,12H2,1-2H3. The van der Waals surface area contributed by atoms with Gasteiger partial charge in [0.1, 0.15) is 11.9 Å². The molecule has 2 rings (SSSR count). The molecule has 1 aliphatic heterocycles. The van der Waals surface area contributed by atoms with Crippen LogP contribution in [0, 0.1) is 17.1 Å². The minimum Gasteiger partial charge on any atom is -0.382 e. The lowest BCUT2D eigenvalue weighted by Crippen LogP contribution is -2.51. The molecule has 0 spiro atoms. The lowest BCUT2D eigenvalue weighted by molar-refractivity contribution is 0.110. The van der Waals surface area contributed by atoms with Gasteiger partial charge < -0.3 is 10.2 Å². The smallest absolute Gasteiger partial charge is 0.124 e. The number of hydrogen-bond donors (Lipinski definition) is 1. The molecule has 1 saturated heterocycles. The van der Waals surface area contributed by atoms with Crippen molar-refractivity contribution in [3.05, 3.63) is 29.6 Å². The zero-order valence-corrected chi connectivity index (χ0v) is 12.8. The maximum absolute atomic E-state index is 13.1. The van der Waals surface area contributed by atoms with Crippen LogP contribution in [-0.2, 0) is 0 Å². The van der Waals surface area contributed by atoms with Crippen LogP contribution in [0.1, 0.15) is 19.4 Å². The van der Waals surface area contributed by atoms with Crippen molar-refractivity contribution in [2.75, 3.05) is 44.6 Å². The van der Waals surface area contributed by atoms with E-state index in [0.717, 1.165) is 39.3 Å². The van der Waals surface area contributed by atoms with Crippen LogP contribution in [0.4, 0.5) is 10.1 Å². The third kappa shape index (κ3) is 4.16. The largest absolute Gasteiger partial charge is 0.382 e. The van der Waals surface area contributed by atoms with Crippen molar-refractivity contribution in [1.82, 2.24) is 9.80 Å². The van der Waals surface area contributed by atoms with E-state index in [4.69, 9.17) is 5.26 Å². The molecule has 0 aliphatic carbocycles. The van der Waals surface area contributed by atoms with E-state index in [1.165, 1.54) is 12.1 Å². The molecule has 1 fully saturated rings. The van der Waals surface area contributed by atoms with Crippen molar-refractivity contribution in [2.45, 2.75) is 19.9 Å². The summed E-state index contributed by atoms with van der Waals surface area (Å²) in [6.45, 7) is 10.6. The van der Waals surface area contributed by atoms with Crippen molar-refractivity contribution in [2.24, 2.45) is 0 Å². The summed E-state index contributed by atoms with van der Waals surface area (Å²) < 4.78 is 13.1. The van der Waals surface area contributed by atoms with Gasteiger partial charge in [0.15, 0.2) is 0 Å². The first-order valence-electron chi connectivity index (χ1n) is 7.54. The second-order valence-electron chi connectivity index (χ2n) is 5.50. The Labute approximate surface area is 126 Å². The van der Waals surface area contributed by atoms with E-state index in [9.17, 15) is 4.39 Å². The number of nitrogens with zero attached hydrogens (tertiary/aromatic N) is 3. The number of likely N-dealkylation sites (N-methyl/N-ethyl adjacent to an activating group) is 1. The highest BCUT2D eigenvalue weighted by molar-refractivity contribution is 5.57. The molecule has 0 saturated carbocycles. The Bertz CT molecular complexity index is 503. The molecule has 21 heavy (non-hydrogen) atoms. The van der Waals surface area contributed by atoms with Crippen LogP contribution in [0.2, 0.25) is 0 Å². The third-order valence-corrected chi connectivity index (χ3v) is 4.17. The van der Waals surface area contributed by atoms with E-state index in [0.29, 0.717) is 17.3 Å². The van der Waals surface area contributed by atoms with Gasteiger partial charge in [-0.15, -0.1) is 0 Å². The van der Waals surface area contributed by atoms with E-state index in [1.54, 1.807) is 6.07 Å². The Balaban J connectivity index is 1.87. The van der Waals surface area contributed by atoms with Crippen molar-refractivity contribution in [3.63, 3.8) is 0 Å². The van der Waals surface area contributed by atoms with Crippen molar-refractivity contribution in [1.29, 1.82) is 5.26 Å². The Kier molecular flexibility index (Phi) is 5.54. The first-order chi connectivity index (χ1) is 10.1. The molecule has 1 heterocycles. The number of anilines is 1. The molecule has 1 unspecified atom stereocenters. The van der Waals surface area contributed by atoms with Crippen molar-refractivity contribution < 1.29 is 4.39 Å². The fraction of sp³-hybridized carbons (Fsp3) is 0.562. The van der Waals surface area contributed by atoms with Crippen LogP contribution in [0.15, 0.2) is 18.2 Å². The van der Waals surface area contributed by atoms with E-state index >= 15 is 0 Å². The predicted molar refractivity (Wildman–Crippen MR) is 82.8 cm³/mol. The average Bonchev–Trinajstić information content (AvgIpc) is 2.53. The fourth-order valence-corrected chi connectivity index (χ4v) is 2.67. The van der Waals surface area contributed by atoms with E-state index < -0.39 is 0 Å². The Morgan fingerprint density at radius 2 is 2.05 bits per heavy atom. The highest BCUT2D eigenvalue weighted by Gasteiger charge is 2.20.